The Hall–Kier alpha value is -3.99. The number of ether oxygens (including phenoxy) is 3. The summed E-state index contributed by atoms with van der Waals surface area (Å²) < 4.78 is 16.1. The molecule has 2 N–H and O–H groups in total. The molecule has 142 valence electrons. The molecule has 8 heteroatoms. The summed E-state index contributed by atoms with van der Waals surface area (Å²) in [6, 6.07) is 14.6. The van der Waals surface area contributed by atoms with Crippen molar-refractivity contribution in [3.8, 4) is 23.3 Å². The zero-order chi connectivity index (χ0) is 19.9. The lowest BCUT2D eigenvalue weighted by Gasteiger charge is -2.15. The van der Waals surface area contributed by atoms with E-state index in [1.54, 1.807) is 63.9 Å². The van der Waals surface area contributed by atoms with Crippen molar-refractivity contribution in [2.45, 2.75) is 0 Å². The first-order valence-electron chi connectivity index (χ1n) is 8.34. The third kappa shape index (κ3) is 4.04. The van der Waals surface area contributed by atoms with Crippen molar-refractivity contribution in [2.75, 3.05) is 32.0 Å². The van der Waals surface area contributed by atoms with Gasteiger partial charge in [0.05, 0.1) is 32.6 Å². The summed E-state index contributed by atoms with van der Waals surface area (Å²) >= 11 is 0. The van der Waals surface area contributed by atoms with Crippen molar-refractivity contribution >= 4 is 23.1 Å². The van der Waals surface area contributed by atoms with Gasteiger partial charge >= 0.3 is 0 Å². The topological polar surface area (TPSA) is 101 Å². The Kier molecular flexibility index (Phi) is 5.77. The molecule has 0 bridgehead atoms. The molecule has 8 nitrogen and oxygen atoms in total. The number of hydrogen-bond donors (Lipinski definition) is 2. The van der Waals surface area contributed by atoms with Crippen molar-refractivity contribution in [1.29, 1.82) is 5.26 Å². The normalized spacial score (nSPS) is 9.93. The summed E-state index contributed by atoms with van der Waals surface area (Å²) in [5.41, 5.74) is 1.85. The van der Waals surface area contributed by atoms with Crippen LogP contribution in [-0.4, -0.2) is 31.3 Å². The summed E-state index contributed by atoms with van der Waals surface area (Å²) in [4.78, 5) is 8.64. The van der Waals surface area contributed by atoms with Gasteiger partial charge in [0.2, 0.25) is 11.7 Å². The number of aromatic nitrogens is 2. The Balaban J connectivity index is 1.86. The van der Waals surface area contributed by atoms with Gasteiger partial charge in [-0.05, 0) is 18.2 Å². The summed E-state index contributed by atoms with van der Waals surface area (Å²) in [6.45, 7) is 0. The second kappa shape index (κ2) is 8.60. The van der Waals surface area contributed by atoms with Crippen LogP contribution in [0.25, 0.3) is 0 Å². The summed E-state index contributed by atoms with van der Waals surface area (Å²) in [7, 11) is 4.66. The fourth-order valence-corrected chi connectivity index (χ4v) is 2.60. The highest BCUT2D eigenvalue weighted by molar-refractivity contribution is 5.68. The second-order valence-electron chi connectivity index (χ2n) is 5.59. The number of benzene rings is 2. The molecule has 0 fully saturated rings. The molecule has 0 spiro atoms. The van der Waals surface area contributed by atoms with Crippen LogP contribution in [0, 0.1) is 11.3 Å². The molecule has 3 rings (SSSR count). The van der Waals surface area contributed by atoms with Gasteiger partial charge in [-0.1, -0.05) is 12.1 Å². The van der Waals surface area contributed by atoms with Gasteiger partial charge in [-0.15, -0.1) is 0 Å². The molecule has 0 atom stereocenters. The van der Waals surface area contributed by atoms with E-state index in [2.05, 4.69) is 26.7 Å². The molecule has 1 aromatic heterocycles. The van der Waals surface area contributed by atoms with E-state index in [1.807, 2.05) is 6.07 Å². The van der Waals surface area contributed by atoms with Crippen molar-refractivity contribution in [2.24, 2.45) is 0 Å². The molecule has 0 amide bonds. The molecule has 0 saturated carbocycles. The standard InChI is InChI=1S/C20H19N5O3/c1-26-16-10-14(11-17(27-2)19(16)28-3)23-18-8-9-22-20(25-18)24-15-7-5-4-6-13(15)12-21/h4-11H,1-3H3,(H2,22,23,24,25). The lowest BCUT2D eigenvalue weighted by Crippen LogP contribution is -2.02. The van der Waals surface area contributed by atoms with Gasteiger partial charge in [0.25, 0.3) is 0 Å². The van der Waals surface area contributed by atoms with Crippen LogP contribution in [0.15, 0.2) is 48.7 Å². The molecule has 1 heterocycles. The number of nitrogens with zero attached hydrogens (tertiary/aromatic N) is 3. The highest BCUT2D eigenvalue weighted by Gasteiger charge is 2.13. The summed E-state index contributed by atoms with van der Waals surface area (Å²) in [6.07, 6.45) is 1.62. The Labute approximate surface area is 162 Å². The fraction of sp³-hybridized carbons (Fsp3) is 0.150. The largest absolute Gasteiger partial charge is 0.493 e. The number of nitriles is 1. The van der Waals surface area contributed by atoms with Crippen LogP contribution in [0.1, 0.15) is 5.56 Å². The minimum absolute atomic E-state index is 0.361. The van der Waals surface area contributed by atoms with Crippen LogP contribution in [0.5, 0.6) is 17.2 Å². The maximum atomic E-state index is 9.21. The smallest absolute Gasteiger partial charge is 0.229 e. The van der Waals surface area contributed by atoms with E-state index in [0.717, 1.165) is 0 Å². The SMILES string of the molecule is COc1cc(Nc2ccnc(Nc3ccccc3C#N)n2)cc(OC)c1OC. The maximum Gasteiger partial charge on any atom is 0.229 e. The van der Waals surface area contributed by atoms with Gasteiger partial charge in [0, 0.05) is 24.0 Å². The van der Waals surface area contributed by atoms with Gasteiger partial charge < -0.3 is 24.8 Å². The average Bonchev–Trinajstić information content (AvgIpc) is 2.73. The molecule has 0 aliphatic carbocycles. The Morgan fingerprint density at radius 2 is 1.64 bits per heavy atom. The van der Waals surface area contributed by atoms with E-state index in [4.69, 9.17) is 14.2 Å². The van der Waals surface area contributed by atoms with E-state index in [0.29, 0.717) is 46.0 Å². The first kappa shape index (κ1) is 18.8. The third-order valence-electron chi connectivity index (χ3n) is 3.89. The second-order valence-corrected chi connectivity index (χ2v) is 5.59. The number of nitrogens with one attached hydrogen (secondary N) is 2. The molecule has 0 aliphatic heterocycles. The molecule has 3 aromatic rings. The first-order chi connectivity index (χ1) is 13.7. The highest BCUT2D eigenvalue weighted by atomic mass is 16.5. The zero-order valence-corrected chi connectivity index (χ0v) is 15.7. The summed E-state index contributed by atoms with van der Waals surface area (Å²) in [5, 5.41) is 15.5. The lowest BCUT2D eigenvalue weighted by atomic mass is 10.2. The zero-order valence-electron chi connectivity index (χ0n) is 15.7. The predicted molar refractivity (Wildman–Crippen MR) is 106 cm³/mol. The molecule has 0 radical (unpaired) electrons. The monoisotopic (exact) mass is 377 g/mol. The van der Waals surface area contributed by atoms with Gasteiger partial charge in [0.1, 0.15) is 11.9 Å². The Morgan fingerprint density at radius 1 is 0.929 bits per heavy atom. The van der Waals surface area contributed by atoms with Crippen LogP contribution in [0.4, 0.5) is 23.1 Å². The summed E-state index contributed by atoms with van der Waals surface area (Å²) in [5.74, 6) is 2.48. The molecule has 2 aromatic carbocycles. The molecular formula is C20H19N5O3. The van der Waals surface area contributed by atoms with E-state index in [1.165, 1.54) is 0 Å². The number of rotatable bonds is 7. The van der Waals surface area contributed by atoms with Crippen molar-refractivity contribution < 1.29 is 14.2 Å². The number of hydrogen-bond acceptors (Lipinski definition) is 8. The van der Waals surface area contributed by atoms with E-state index in [-0.39, 0.29) is 0 Å². The minimum atomic E-state index is 0.361. The first-order valence-corrected chi connectivity index (χ1v) is 8.34. The van der Waals surface area contributed by atoms with Gasteiger partial charge in [0.15, 0.2) is 11.5 Å². The third-order valence-corrected chi connectivity index (χ3v) is 3.89. The Bertz CT molecular complexity index is 992. The van der Waals surface area contributed by atoms with E-state index in [9.17, 15) is 5.26 Å². The van der Waals surface area contributed by atoms with Crippen molar-refractivity contribution in [3.05, 3.63) is 54.2 Å². The van der Waals surface area contributed by atoms with Crippen LogP contribution in [0.2, 0.25) is 0 Å². The Morgan fingerprint density at radius 3 is 2.29 bits per heavy atom. The minimum Gasteiger partial charge on any atom is -0.493 e. The lowest BCUT2D eigenvalue weighted by molar-refractivity contribution is 0.324. The number of anilines is 4. The maximum absolute atomic E-state index is 9.21. The van der Waals surface area contributed by atoms with Crippen LogP contribution in [-0.2, 0) is 0 Å². The quantitative estimate of drug-likeness (QED) is 0.640. The number of methoxy groups -OCH3 is 3. The average molecular weight is 377 g/mol. The predicted octanol–water partition coefficient (Wildman–Crippen LogP) is 3.86. The molecule has 28 heavy (non-hydrogen) atoms. The highest BCUT2D eigenvalue weighted by Crippen LogP contribution is 2.40. The number of para-hydroxylation sites is 1. The van der Waals surface area contributed by atoms with Gasteiger partial charge in [-0.3, -0.25) is 0 Å². The molecular weight excluding hydrogens is 358 g/mol. The van der Waals surface area contributed by atoms with E-state index >= 15 is 0 Å². The van der Waals surface area contributed by atoms with Gasteiger partial charge in [-0.25, -0.2) is 4.98 Å². The van der Waals surface area contributed by atoms with Crippen LogP contribution in [0.3, 0.4) is 0 Å². The van der Waals surface area contributed by atoms with E-state index < -0.39 is 0 Å². The van der Waals surface area contributed by atoms with Gasteiger partial charge in [-0.2, -0.15) is 10.2 Å². The van der Waals surface area contributed by atoms with Crippen molar-refractivity contribution in [3.63, 3.8) is 0 Å². The fourth-order valence-electron chi connectivity index (χ4n) is 2.60. The molecule has 0 saturated heterocycles. The van der Waals surface area contributed by atoms with Crippen LogP contribution >= 0.6 is 0 Å². The molecule has 0 unspecified atom stereocenters. The van der Waals surface area contributed by atoms with Crippen LogP contribution < -0.4 is 24.8 Å². The molecule has 0 aliphatic rings. The van der Waals surface area contributed by atoms with Crippen molar-refractivity contribution in [1.82, 2.24) is 9.97 Å².